The second-order valence-electron chi connectivity index (χ2n) is 7.38. The summed E-state index contributed by atoms with van der Waals surface area (Å²) >= 11 is 1.18. The van der Waals surface area contributed by atoms with E-state index in [0.29, 0.717) is 30.2 Å². The number of aryl methyl sites for hydroxylation is 2. The molecule has 0 bridgehead atoms. The molecule has 1 aliphatic rings. The van der Waals surface area contributed by atoms with Gasteiger partial charge in [0.25, 0.3) is 5.91 Å². The fourth-order valence-electron chi connectivity index (χ4n) is 3.70. The predicted molar refractivity (Wildman–Crippen MR) is 114 cm³/mol. The van der Waals surface area contributed by atoms with E-state index in [1.807, 2.05) is 30.9 Å². The van der Waals surface area contributed by atoms with Crippen molar-refractivity contribution in [3.05, 3.63) is 58.2 Å². The Labute approximate surface area is 178 Å². The Kier molecular flexibility index (Phi) is 5.98. The summed E-state index contributed by atoms with van der Waals surface area (Å²) < 4.78 is 17.0. The van der Waals surface area contributed by atoms with Gasteiger partial charge in [0.05, 0.1) is 11.9 Å². The molecule has 0 unspecified atom stereocenters. The summed E-state index contributed by atoms with van der Waals surface area (Å²) in [5, 5.41) is 7.26. The lowest BCUT2D eigenvalue weighted by Crippen LogP contribution is -2.38. The van der Waals surface area contributed by atoms with E-state index in [4.69, 9.17) is 4.98 Å². The fraction of sp³-hybridized carbons (Fsp3) is 0.381. The molecule has 30 heavy (non-hydrogen) atoms. The maximum absolute atomic E-state index is 13.1. The average molecular weight is 427 g/mol. The minimum absolute atomic E-state index is 0.0299. The Bertz CT molecular complexity index is 1030. The molecule has 1 fully saturated rings. The third-order valence-electron chi connectivity index (χ3n) is 5.26. The van der Waals surface area contributed by atoms with E-state index in [-0.39, 0.29) is 17.6 Å². The molecule has 0 atom stereocenters. The molecule has 1 N–H and O–H groups in total. The van der Waals surface area contributed by atoms with Crippen LogP contribution < -0.4 is 5.32 Å². The lowest BCUT2D eigenvalue weighted by Gasteiger charge is -2.31. The SMILES string of the molecule is CCc1nnsc1C(=O)N1CCC(c2cc(Nc3ccc(F)cn3)cc(C)n2)CC1. The van der Waals surface area contributed by atoms with Crippen molar-refractivity contribution in [1.29, 1.82) is 0 Å². The van der Waals surface area contributed by atoms with Gasteiger partial charge in [0.1, 0.15) is 16.5 Å². The van der Waals surface area contributed by atoms with E-state index in [0.717, 1.165) is 35.6 Å². The van der Waals surface area contributed by atoms with Gasteiger partial charge >= 0.3 is 0 Å². The zero-order valence-electron chi connectivity index (χ0n) is 16.9. The summed E-state index contributed by atoms with van der Waals surface area (Å²) in [5.74, 6) is 0.523. The van der Waals surface area contributed by atoms with Crippen LogP contribution in [0.5, 0.6) is 0 Å². The van der Waals surface area contributed by atoms with Crippen LogP contribution in [-0.2, 0) is 6.42 Å². The topological polar surface area (TPSA) is 83.9 Å². The standard InChI is InChI=1S/C21H23FN6OS/c1-3-17-20(30-27-26-17)21(29)28-8-6-14(7-9-28)18-11-16(10-13(2)24-18)25-19-5-4-15(22)12-23-19/h4-5,10-12,14H,3,6-9H2,1-2H3,(H,23,24,25). The first kappa shape index (κ1) is 20.3. The third-order valence-corrected chi connectivity index (χ3v) is 6.01. The highest BCUT2D eigenvalue weighted by Gasteiger charge is 2.28. The fourth-order valence-corrected chi connectivity index (χ4v) is 4.42. The van der Waals surface area contributed by atoms with Gasteiger partial charge in [-0.1, -0.05) is 11.4 Å². The molecule has 1 aliphatic heterocycles. The minimum Gasteiger partial charge on any atom is -0.340 e. The molecule has 9 heteroatoms. The number of rotatable bonds is 5. The number of likely N-dealkylation sites (tertiary alicyclic amines) is 1. The van der Waals surface area contributed by atoms with Crippen molar-refractivity contribution in [3.8, 4) is 0 Å². The van der Waals surface area contributed by atoms with Crippen molar-refractivity contribution in [3.63, 3.8) is 0 Å². The Morgan fingerprint density at radius 1 is 1.30 bits per heavy atom. The molecule has 4 heterocycles. The van der Waals surface area contributed by atoms with Gasteiger partial charge in [-0.05, 0) is 62.0 Å². The van der Waals surface area contributed by atoms with E-state index in [2.05, 4.69) is 19.9 Å². The van der Waals surface area contributed by atoms with Crippen LogP contribution in [0.25, 0.3) is 0 Å². The molecule has 0 aliphatic carbocycles. The van der Waals surface area contributed by atoms with Gasteiger partial charge < -0.3 is 10.2 Å². The Balaban J connectivity index is 1.43. The smallest absolute Gasteiger partial charge is 0.267 e. The summed E-state index contributed by atoms with van der Waals surface area (Å²) in [5.41, 5.74) is 3.55. The number of aromatic nitrogens is 4. The molecular weight excluding hydrogens is 403 g/mol. The van der Waals surface area contributed by atoms with Crippen molar-refractivity contribution in [2.75, 3.05) is 18.4 Å². The zero-order chi connectivity index (χ0) is 21.1. The number of hydrogen-bond acceptors (Lipinski definition) is 7. The number of nitrogens with zero attached hydrogens (tertiary/aromatic N) is 5. The third kappa shape index (κ3) is 4.46. The van der Waals surface area contributed by atoms with E-state index >= 15 is 0 Å². The number of pyridine rings is 2. The van der Waals surface area contributed by atoms with E-state index in [1.54, 1.807) is 6.07 Å². The Hall–Kier alpha value is -2.94. The van der Waals surface area contributed by atoms with Crippen molar-refractivity contribution in [2.45, 2.75) is 39.0 Å². The lowest BCUT2D eigenvalue weighted by atomic mass is 9.92. The van der Waals surface area contributed by atoms with Crippen LogP contribution in [0.15, 0.2) is 30.5 Å². The first-order valence-corrected chi connectivity index (χ1v) is 10.8. The molecule has 3 aromatic rings. The number of carbonyl (C=O) groups excluding carboxylic acids is 1. The lowest BCUT2D eigenvalue weighted by molar-refractivity contribution is 0.0715. The summed E-state index contributed by atoms with van der Waals surface area (Å²) in [6, 6.07) is 6.94. The van der Waals surface area contributed by atoms with Gasteiger partial charge in [0.15, 0.2) is 0 Å². The highest BCUT2D eigenvalue weighted by Crippen LogP contribution is 2.30. The largest absolute Gasteiger partial charge is 0.340 e. The highest BCUT2D eigenvalue weighted by atomic mass is 32.1. The summed E-state index contributed by atoms with van der Waals surface area (Å²) in [4.78, 5) is 24.1. The van der Waals surface area contributed by atoms with Crippen molar-refractivity contribution in [1.82, 2.24) is 24.5 Å². The van der Waals surface area contributed by atoms with Gasteiger partial charge in [-0.3, -0.25) is 9.78 Å². The van der Waals surface area contributed by atoms with Crippen molar-refractivity contribution in [2.24, 2.45) is 0 Å². The molecule has 1 amide bonds. The number of halogens is 1. The van der Waals surface area contributed by atoms with Crippen LogP contribution >= 0.6 is 11.5 Å². The second kappa shape index (κ2) is 8.83. The molecule has 4 rings (SSSR count). The Morgan fingerprint density at radius 3 is 2.80 bits per heavy atom. The number of nitrogens with one attached hydrogen (secondary N) is 1. The monoisotopic (exact) mass is 426 g/mol. The molecule has 0 aromatic carbocycles. The number of piperidine rings is 1. The maximum Gasteiger partial charge on any atom is 0.267 e. The second-order valence-corrected chi connectivity index (χ2v) is 8.13. The number of amides is 1. The molecular formula is C21H23FN6OS. The van der Waals surface area contributed by atoms with E-state index in [1.165, 1.54) is 23.8 Å². The van der Waals surface area contributed by atoms with Crippen LogP contribution in [0.4, 0.5) is 15.9 Å². The average Bonchev–Trinajstić information content (AvgIpc) is 3.23. The summed E-state index contributed by atoms with van der Waals surface area (Å²) in [6.07, 6.45) is 3.60. The molecule has 3 aromatic heterocycles. The molecule has 1 saturated heterocycles. The Morgan fingerprint density at radius 2 is 2.10 bits per heavy atom. The number of anilines is 2. The molecule has 156 valence electrons. The molecule has 0 saturated carbocycles. The number of carbonyl (C=O) groups is 1. The van der Waals surface area contributed by atoms with E-state index < -0.39 is 0 Å². The maximum atomic E-state index is 13.1. The van der Waals surface area contributed by atoms with Crippen LogP contribution in [0.1, 0.15) is 52.4 Å². The number of hydrogen-bond donors (Lipinski definition) is 1. The predicted octanol–water partition coefficient (Wildman–Crippen LogP) is 4.10. The minimum atomic E-state index is -0.367. The molecule has 7 nitrogen and oxygen atoms in total. The van der Waals surface area contributed by atoms with Crippen molar-refractivity contribution >= 4 is 28.9 Å². The van der Waals surface area contributed by atoms with Gasteiger partial charge in [0, 0.05) is 36.1 Å². The van der Waals surface area contributed by atoms with E-state index in [9.17, 15) is 9.18 Å². The quantitative estimate of drug-likeness (QED) is 0.661. The van der Waals surface area contributed by atoms with Gasteiger partial charge in [-0.2, -0.15) is 0 Å². The molecule has 0 radical (unpaired) electrons. The van der Waals surface area contributed by atoms with Crippen LogP contribution in [0, 0.1) is 12.7 Å². The van der Waals surface area contributed by atoms with Gasteiger partial charge in [-0.15, -0.1) is 5.10 Å². The highest BCUT2D eigenvalue weighted by molar-refractivity contribution is 7.08. The first-order valence-electron chi connectivity index (χ1n) is 10.0. The van der Waals surface area contributed by atoms with Gasteiger partial charge in [-0.25, -0.2) is 9.37 Å². The normalized spacial score (nSPS) is 14.7. The molecule has 0 spiro atoms. The van der Waals surface area contributed by atoms with Gasteiger partial charge in [0.2, 0.25) is 0 Å². The van der Waals surface area contributed by atoms with Crippen molar-refractivity contribution < 1.29 is 9.18 Å². The summed E-state index contributed by atoms with van der Waals surface area (Å²) in [7, 11) is 0. The summed E-state index contributed by atoms with van der Waals surface area (Å²) in [6.45, 7) is 5.30. The van der Waals surface area contributed by atoms with Crippen LogP contribution in [0.3, 0.4) is 0 Å². The van der Waals surface area contributed by atoms with Crippen LogP contribution in [0.2, 0.25) is 0 Å². The first-order chi connectivity index (χ1) is 14.5. The van der Waals surface area contributed by atoms with Crippen LogP contribution in [-0.4, -0.2) is 43.5 Å². The zero-order valence-corrected chi connectivity index (χ0v) is 17.7.